The zero-order valence-corrected chi connectivity index (χ0v) is 11.6. The van der Waals surface area contributed by atoms with Gasteiger partial charge in [-0.2, -0.15) is 0 Å². The predicted octanol–water partition coefficient (Wildman–Crippen LogP) is 1.83. The zero-order chi connectivity index (χ0) is 14.4. The number of carbonyl (C=O) groups excluding carboxylic acids is 2. The van der Waals surface area contributed by atoms with Gasteiger partial charge in [0.05, 0.1) is 24.3 Å². The maximum atomic E-state index is 11.9. The van der Waals surface area contributed by atoms with E-state index in [-0.39, 0.29) is 18.4 Å². The van der Waals surface area contributed by atoms with Crippen LogP contribution in [0, 0.1) is 0 Å². The molecule has 0 radical (unpaired) electrons. The Morgan fingerprint density at radius 3 is 2.20 bits per heavy atom. The Morgan fingerprint density at radius 2 is 1.65 bits per heavy atom. The van der Waals surface area contributed by atoms with Gasteiger partial charge in [0.1, 0.15) is 0 Å². The number of hydrogen-bond acceptors (Lipinski definition) is 4. The normalized spacial score (nSPS) is 10.1. The third kappa shape index (κ3) is 3.91. The summed E-state index contributed by atoms with van der Waals surface area (Å²) >= 11 is 1.53. The van der Waals surface area contributed by atoms with Crippen molar-refractivity contribution >= 4 is 34.5 Å². The van der Waals surface area contributed by atoms with E-state index in [0.717, 1.165) is 4.88 Å². The van der Waals surface area contributed by atoms with Crippen molar-refractivity contribution in [2.75, 3.05) is 17.2 Å². The Balaban J connectivity index is 2.05. The lowest BCUT2D eigenvalue weighted by Crippen LogP contribution is -2.23. The molecule has 0 spiro atoms. The molecular weight excluding hydrogens is 274 g/mol. The molecule has 0 aliphatic heterocycles. The number of amides is 2. The van der Waals surface area contributed by atoms with Crippen molar-refractivity contribution in [1.29, 1.82) is 0 Å². The lowest BCUT2D eigenvalue weighted by atomic mass is 10.2. The summed E-state index contributed by atoms with van der Waals surface area (Å²) in [5.41, 5.74) is 6.37. The quantitative estimate of drug-likeness (QED) is 0.785. The summed E-state index contributed by atoms with van der Waals surface area (Å²) in [6, 6.07) is 10.8. The maximum absolute atomic E-state index is 11.9. The molecular formula is C14H15N3O2S. The second-order valence-corrected chi connectivity index (χ2v) is 5.13. The Kier molecular flexibility index (Phi) is 4.86. The van der Waals surface area contributed by atoms with E-state index in [1.807, 2.05) is 17.5 Å². The van der Waals surface area contributed by atoms with Gasteiger partial charge in [-0.1, -0.05) is 18.2 Å². The standard InChI is InChI=1S/C14H15N3O2S/c15-9-14(19)17-12-6-2-1-5-11(12)16-13(18)8-10-4-3-7-20-10/h1-7H,8-9,15H2,(H,16,18)(H,17,19). The van der Waals surface area contributed by atoms with E-state index in [9.17, 15) is 9.59 Å². The van der Waals surface area contributed by atoms with Crippen LogP contribution >= 0.6 is 11.3 Å². The first-order chi connectivity index (χ1) is 9.69. The highest BCUT2D eigenvalue weighted by atomic mass is 32.1. The highest BCUT2D eigenvalue weighted by Crippen LogP contribution is 2.21. The molecule has 0 saturated carbocycles. The first-order valence-electron chi connectivity index (χ1n) is 6.10. The van der Waals surface area contributed by atoms with Crippen molar-refractivity contribution in [3.63, 3.8) is 0 Å². The third-order valence-corrected chi connectivity index (χ3v) is 3.45. The first-order valence-corrected chi connectivity index (χ1v) is 6.98. The van der Waals surface area contributed by atoms with E-state index in [2.05, 4.69) is 10.6 Å². The fourth-order valence-electron chi connectivity index (χ4n) is 1.67. The molecule has 2 aromatic rings. The minimum absolute atomic E-state index is 0.0997. The largest absolute Gasteiger partial charge is 0.324 e. The average Bonchev–Trinajstić information content (AvgIpc) is 2.93. The average molecular weight is 289 g/mol. The van der Waals surface area contributed by atoms with Gasteiger partial charge in [-0.25, -0.2) is 0 Å². The smallest absolute Gasteiger partial charge is 0.238 e. The van der Waals surface area contributed by atoms with Gasteiger partial charge in [-0.05, 0) is 23.6 Å². The number of benzene rings is 1. The zero-order valence-electron chi connectivity index (χ0n) is 10.8. The number of carbonyl (C=O) groups is 2. The Hall–Kier alpha value is -2.18. The summed E-state index contributed by atoms with van der Waals surface area (Å²) < 4.78 is 0. The van der Waals surface area contributed by atoms with Crippen LogP contribution in [0.4, 0.5) is 11.4 Å². The Bertz CT molecular complexity index is 596. The van der Waals surface area contributed by atoms with E-state index in [4.69, 9.17) is 5.73 Å². The molecule has 0 aliphatic carbocycles. The summed E-state index contributed by atoms with van der Waals surface area (Å²) in [6.45, 7) is -0.0997. The number of nitrogens with one attached hydrogen (secondary N) is 2. The van der Waals surface area contributed by atoms with Gasteiger partial charge in [0.2, 0.25) is 11.8 Å². The van der Waals surface area contributed by atoms with E-state index < -0.39 is 0 Å². The van der Waals surface area contributed by atoms with E-state index in [0.29, 0.717) is 17.8 Å². The molecule has 0 bridgehead atoms. The third-order valence-electron chi connectivity index (χ3n) is 2.58. The topological polar surface area (TPSA) is 84.2 Å². The van der Waals surface area contributed by atoms with Gasteiger partial charge < -0.3 is 16.4 Å². The minimum atomic E-state index is -0.301. The van der Waals surface area contributed by atoms with E-state index >= 15 is 0 Å². The number of nitrogens with two attached hydrogens (primary N) is 1. The maximum Gasteiger partial charge on any atom is 0.238 e. The molecule has 0 unspecified atom stereocenters. The molecule has 1 aromatic heterocycles. The second-order valence-electron chi connectivity index (χ2n) is 4.10. The SMILES string of the molecule is NCC(=O)Nc1ccccc1NC(=O)Cc1cccs1. The molecule has 6 heteroatoms. The van der Waals surface area contributed by atoms with Gasteiger partial charge in [0.25, 0.3) is 0 Å². The molecule has 1 aromatic carbocycles. The predicted molar refractivity (Wildman–Crippen MR) is 80.8 cm³/mol. The molecule has 104 valence electrons. The summed E-state index contributed by atoms with van der Waals surface area (Å²) in [4.78, 5) is 24.3. The molecule has 0 saturated heterocycles. The summed E-state index contributed by atoms with van der Waals surface area (Å²) in [5, 5.41) is 7.37. The van der Waals surface area contributed by atoms with Crippen LogP contribution in [-0.4, -0.2) is 18.4 Å². The first kappa shape index (κ1) is 14.2. The highest BCUT2D eigenvalue weighted by Gasteiger charge is 2.09. The van der Waals surface area contributed by atoms with Gasteiger partial charge in [0.15, 0.2) is 0 Å². The number of anilines is 2. The Morgan fingerprint density at radius 1 is 1.00 bits per heavy atom. The molecule has 4 N–H and O–H groups in total. The molecule has 1 heterocycles. The molecule has 2 rings (SSSR count). The Labute approximate surface area is 120 Å². The van der Waals surface area contributed by atoms with Crippen molar-refractivity contribution in [2.45, 2.75) is 6.42 Å². The van der Waals surface area contributed by atoms with Crippen molar-refractivity contribution in [1.82, 2.24) is 0 Å². The number of hydrogen-bond donors (Lipinski definition) is 3. The van der Waals surface area contributed by atoms with E-state index in [1.165, 1.54) is 11.3 Å². The van der Waals surface area contributed by atoms with Gasteiger partial charge >= 0.3 is 0 Å². The lowest BCUT2D eigenvalue weighted by Gasteiger charge is -2.11. The molecule has 20 heavy (non-hydrogen) atoms. The van der Waals surface area contributed by atoms with Crippen molar-refractivity contribution in [3.8, 4) is 0 Å². The lowest BCUT2D eigenvalue weighted by molar-refractivity contribution is -0.116. The van der Waals surface area contributed by atoms with Crippen LogP contribution in [0.3, 0.4) is 0 Å². The van der Waals surface area contributed by atoms with Crippen molar-refractivity contribution in [3.05, 3.63) is 46.7 Å². The van der Waals surface area contributed by atoms with Crippen molar-refractivity contribution in [2.24, 2.45) is 5.73 Å². The second kappa shape index (κ2) is 6.83. The van der Waals surface area contributed by atoms with Gasteiger partial charge in [-0.15, -0.1) is 11.3 Å². The van der Waals surface area contributed by atoms with Crippen LogP contribution in [0.2, 0.25) is 0 Å². The summed E-state index contributed by atoms with van der Waals surface area (Å²) in [6.07, 6.45) is 0.316. The molecule has 0 fully saturated rings. The molecule has 0 atom stereocenters. The van der Waals surface area contributed by atoms with Crippen LogP contribution in [0.25, 0.3) is 0 Å². The van der Waals surface area contributed by atoms with Crippen molar-refractivity contribution < 1.29 is 9.59 Å². The summed E-state index contributed by atoms with van der Waals surface area (Å²) in [5.74, 6) is -0.424. The van der Waals surface area contributed by atoms with Gasteiger partial charge in [0, 0.05) is 4.88 Å². The number of para-hydroxylation sites is 2. The number of thiophene rings is 1. The van der Waals surface area contributed by atoms with Crippen LogP contribution in [0.15, 0.2) is 41.8 Å². The minimum Gasteiger partial charge on any atom is -0.324 e. The van der Waals surface area contributed by atoms with Crippen LogP contribution in [-0.2, 0) is 16.0 Å². The molecule has 5 nitrogen and oxygen atoms in total. The fourth-order valence-corrected chi connectivity index (χ4v) is 2.37. The fraction of sp³-hybridized carbons (Fsp3) is 0.143. The van der Waals surface area contributed by atoms with Crippen LogP contribution in [0.5, 0.6) is 0 Å². The molecule has 0 aliphatic rings. The van der Waals surface area contributed by atoms with E-state index in [1.54, 1.807) is 24.3 Å². The molecule has 2 amide bonds. The van der Waals surface area contributed by atoms with Crippen LogP contribution in [0.1, 0.15) is 4.88 Å². The summed E-state index contributed by atoms with van der Waals surface area (Å²) in [7, 11) is 0. The number of rotatable bonds is 5. The highest BCUT2D eigenvalue weighted by molar-refractivity contribution is 7.10. The van der Waals surface area contributed by atoms with Crippen LogP contribution < -0.4 is 16.4 Å². The van der Waals surface area contributed by atoms with Gasteiger partial charge in [-0.3, -0.25) is 9.59 Å². The monoisotopic (exact) mass is 289 g/mol.